The van der Waals surface area contributed by atoms with Crippen LogP contribution in [-0.4, -0.2) is 38.3 Å². The third kappa shape index (κ3) is 6.26. The lowest BCUT2D eigenvalue weighted by Crippen LogP contribution is -2.54. The molecule has 0 radical (unpaired) electrons. The van der Waals surface area contributed by atoms with Gasteiger partial charge in [0.25, 0.3) is 0 Å². The van der Waals surface area contributed by atoms with Gasteiger partial charge in [-0.05, 0) is 82.6 Å². The van der Waals surface area contributed by atoms with E-state index in [0.29, 0.717) is 5.75 Å². The first kappa shape index (κ1) is 33.2. The monoisotopic (exact) mass is 644 g/mol. The van der Waals surface area contributed by atoms with Gasteiger partial charge < -0.3 is 5.11 Å². The van der Waals surface area contributed by atoms with Crippen LogP contribution in [-0.2, 0) is 25.2 Å². The van der Waals surface area contributed by atoms with Gasteiger partial charge in [-0.3, -0.25) is 0 Å². The van der Waals surface area contributed by atoms with Crippen LogP contribution in [0.4, 0.5) is 30.7 Å². The van der Waals surface area contributed by atoms with Gasteiger partial charge in [-0.2, -0.15) is 43.3 Å². The second kappa shape index (κ2) is 12.0. The minimum absolute atomic E-state index is 0.0240. The van der Waals surface area contributed by atoms with Crippen LogP contribution in [0.3, 0.4) is 0 Å². The van der Waals surface area contributed by atoms with Gasteiger partial charge in [-0.25, -0.2) is 4.18 Å². The molecule has 236 valence electrons. The summed E-state index contributed by atoms with van der Waals surface area (Å²) in [7, 11) is -5.67. The predicted molar refractivity (Wildman–Crippen MR) is 151 cm³/mol. The summed E-state index contributed by atoms with van der Waals surface area (Å²) < 4.78 is 111. The molecule has 0 bridgehead atoms. The minimum Gasteiger partial charge on any atom is -0.507 e. The van der Waals surface area contributed by atoms with Crippen LogP contribution in [0, 0.1) is 13.8 Å². The van der Waals surface area contributed by atoms with E-state index in [1.807, 2.05) is 24.3 Å². The highest BCUT2D eigenvalue weighted by Gasteiger charge is 2.76. The lowest BCUT2D eigenvalue weighted by Gasteiger charge is -2.26. The van der Waals surface area contributed by atoms with E-state index in [4.69, 9.17) is 0 Å². The van der Waals surface area contributed by atoms with Gasteiger partial charge in [0.05, 0.1) is 6.61 Å². The summed E-state index contributed by atoms with van der Waals surface area (Å²) in [5.74, 6) is -6.34. The smallest absolute Gasteiger partial charge is 0.462 e. The Morgan fingerprint density at radius 1 is 0.818 bits per heavy atom. The molecule has 0 amide bonds. The SMILES string of the molecule is CCCOS(=O)(=O)OC(F)(F)C(F)(F)C(F)(F)F.Cc1cc2c(c(-c3ccc(O)c4ccccc34)c1C)Cc1ccccc1-2. The Bertz CT molecular complexity index is 1800. The van der Waals surface area contributed by atoms with Crippen molar-refractivity contribution in [3.63, 3.8) is 0 Å². The lowest BCUT2D eigenvalue weighted by atomic mass is 9.86. The van der Waals surface area contributed by atoms with Crippen molar-refractivity contribution in [1.29, 1.82) is 0 Å². The first-order valence-corrected chi connectivity index (χ1v) is 14.6. The van der Waals surface area contributed by atoms with Gasteiger partial charge in [0.2, 0.25) is 0 Å². The summed E-state index contributed by atoms with van der Waals surface area (Å²) >= 11 is 0. The van der Waals surface area contributed by atoms with Gasteiger partial charge in [0, 0.05) is 5.39 Å². The van der Waals surface area contributed by atoms with Crippen molar-refractivity contribution in [2.75, 3.05) is 6.61 Å². The number of hydrogen-bond donors (Lipinski definition) is 1. The number of hydrogen-bond acceptors (Lipinski definition) is 5. The maximum Gasteiger partial charge on any atom is 0.462 e. The standard InChI is InChI=1S/C25H20O.C6H7F7O4S/c1-15-13-22-18-8-4-3-7-17(18)14-23(22)25(16(15)2)21-11-12-24(26)20-10-6-5-9-19(20)21;1-2-3-16-18(14,15)17-6(12,13)4(7,8)5(9,10)11/h3-13,26H,14H2,1-2H3;2-3H2,1H3. The van der Waals surface area contributed by atoms with Crippen molar-refractivity contribution >= 4 is 21.2 Å². The summed E-state index contributed by atoms with van der Waals surface area (Å²) in [6.07, 6.45) is -12.0. The molecule has 0 spiro atoms. The number of alkyl halides is 7. The second-order valence-corrected chi connectivity index (χ2v) is 11.4. The first-order chi connectivity index (χ1) is 20.4. The average Bonchev–Trinajstić information content (AvgIpc) is 3.30. The number of fused-ring (bicyclic) bond motifs is 4. The fourth-order valence-corrected chi connectivity index (χ4v) is 5.72. The molecule has 0 fully saturated rings. The topological polar surface area (TPSA) is 72.8 Å². The summed E-state index contributed by atoms with van der Waals surface area (Å²) in [4.78, 5) is 0. The van der Waals surface area contributed by atoms with E-state index in [2.05, 4.69) is 64.7 Å². The number of benzene rings is 4. The quantitative estimate of drug-likeness (QED) is 0.179. The molecule has 0 saturated carbocycles. The highest BCUT2D eigenvalue weighted by molar-refractivity contribution is 7.81. The fourth-order valence-electron chi connectivity index (χ4n) is 4.94. The Morgan fingerprint density at radius 2 is 1.43 bits per heavy atom. The van der Waals surface area contributed by atoms with E-state index in [1.165, 1.54) is 51.4 Å². The number of halogens is 7. The van der Waals surface area contributed by atoms with Crippen molar-refractivity contribution in [2.45, 2.75) is 51.8 Å². The van der Waals surface area contributed by atoms with Gasteiger partial charge in [-0.15, -0.1) is 0 Å². The van der Waals surface area contributed by atoms with Crippen LogP contribution in [0.5, 0.6) is 5.75 Å². The second-order valence-electron chi connectivity index (χ2n) is 10.1. The van der Waals surface area contributed by atoms with Gasteiger partial charge in [0.15, 0.2) is 0 Å². The molecule has 0 unspecified atom stereocenters. The number of phenols is 1. The zero-order chi connectivity index (χ0) is 32.7. The normalized spacial score (nSPS) is 13.3. The van der Waals surface area contributed by atoms with Crippen LogP contribution in [0.25, 0.3) is 33.0 Å². The third-order valence-electron chi connectivity index (χ3n) is 7.16. The maximum atomic E-state index is 12.5. The molecule has 0 aromatic heterocycles. The van der Waals surface area contributed by atoms with Crippen molar-refractivity contribution in [3.8, 4) is 28.0 Å². The molecular formula is C31H27F7O5S. The highest BCUT2D eigenvalue weighted by atomic mass is 32.3. The van der Waals surface area contributed by atoms with E-state index in [0.717, 1.165) is 17.2 Å². The summed E-state index contributed by atoms with van der Waals surface area (Å²) in [6, 6.07) is 23.1. The van der Waals surface area contributed by atoms with Crippen molar-refractivity contribution in [2.24, 2.45) is 0 Å². The molecule has 0 aliphatic heterocycles. The van der Waals surface area contributed by atoms with E-state index < -0.39 is 35.2 Å². The Labute approximate surface area is 249 Å². The van der Waals surface area contributed by atoms with Crippen LogP contribution >= 0.6 is 0 Å². The molecular weight excluding hydrogens is 617 g/mol. The molecule has 1 N–H and O–H groups in total. The Balaban J connectivity index is 0.000000218. The molecule has 4 aromatic rings. The van der Waals surface area contributed by atoms with Crippen molar-refractivity contribution in [3.05, 3.63) is 89.0 Å². The molecule has 13 heteroatoms. The van der Waals surface area contributed by atoms with E-state index in [1.54, 1.807) is 0 Å². The van der Waals surface area contributed by atoms with Gasteiger partial charge >= 0.3 is 28.6 Å². The molecule has 0 heterocycles. The van der Waals surface area contributed by atoms with Crippen LogP contribution in [0.1, 0.15) is 35.6 Å². The first-order valence-electron chi connectivity index (χ1n) is 13.3. The molecule has 0 saturated heterocycles. The number of rotatable bonds is 7. The van der Waals surface area contributed by atoms with Crippen LogP contribution in [0.2, 0.25) is 0 Å². The van der Waals surface area contributed by atoms with E-state index in [-0.39, 0.29) is 6.42 Å². The largest absolute Gasteiger partial charge is 0.507 e. The Morgan fingerprint density at radius 3 is 2.07 bits per heavy atom. The number of aromatic hydroxyl groups is 1. The van der Waals surface area contributed by atoms with Gasteiger partial charge in [-0.1, -0.05) is 67.6 Å². The molecule has 5 nitrogen and oxygen atoms in total. The highest BCUT2D eigenvalue weighted by Crippen LogP contribution is 2.48. The fraction of sp³-hybridized carbons (Fsp3) is 0.290. The Hall–Kier alpha value is -3.68. The average molecular weight is 645 g/mol. The van der Waals surface area contributed by atoms with E-state index in [9.17, 15) is 44.3 Å². The number of aryl methyl sites for hydroxylation is 1. The zero-order valence-corrected chi connectivity index (χ0v) is 24.4. The molecule has 1 aliphatic carbocycles. The predicted octanol–water partition coefficient (Wildman–Crippen LogP) is 8.87. The molecule has 0 atom stereocenters. The van der Waals surface area contributed by atoms with Crippen molar-refractivity contribution in [1.82, 2.24) is 0 Å². The molecule has 1 aliphatic rings. The molecule has 44 heavy (non-hydrogen) atoms. The number of phenolic OH excluding ortho intramolecular Hbond substituents is 1. The zero-order valence-electron chi connectivity index (χ0n) is 23.6. The van der Waals surface area contributed by atoms with Crippen LogP contribution in [0.15, 0.2) is 66.7 Å². The molecule has 5 rings (SSSR count). The van der Waals surface area contributed by atoms with Crippen molar-refractivity contribution < 1.29 is 52.6 Å². The Kier molecular flexibility index (Phi) is 9.07. The maximum absolute atomic E-state index is 12.5. The molecule has 4 aromatic carbocycles. The minimum atomic E-state index is -6.68. The lowest BCUT2D eigenvalue weighted by molar-refractivity contribution is -0.403. The van der Waals surface area contributed by atoms with E-state index >= 15 is 0 Å². The van der Waals surface area contributed by atoms with Gasteiger partial charge in [0.1, 0.15) is 5.75 Å². The van der Waals surface area contributed by atoms with Crippen LogP contribution < -0.4 is 0 Å². The summed E-state index contributed by atoms with van der Waals surface area (Å²) in [5.41, 5.74) is 10.7. The third-order valence-corrected chi connectivity index (χ3v) is 8.03. The summed E-state index contributed by atoms with van der Waals surface area (Å²) in [5, 5.41) is 12.3. The summed E-state index contributed by atoms with van der Waals surface area (Å²) in [6.45, 7) is 5.03.